The zero-order valence-corrected chi connectivity index (χ0v) is 14.3. The molecule has 0 radical (unpaired) electrons. The van der Waals surface area contributed by atoms with Gasteiger partial charge in [0.2, 0.25) is 5.91 Å². The first-order valence-corrected chi connectivity index (χ1v) is 8.09. The molecule has 3 aromatic rings. The number of nitrogens with zero attached hydrogens (tertiary/aromatic N) is 3. The number of fused-ring (bicyclic) bond motifs is 1. The second-order valence-electron chi connectivity index (χ2n) is 5.85. The minimum atomic E-state index is -0.611. The standard InChI is InChI=1S/C19H15N5O3/c1-12(19(25)22-14-5-3-2-4-6-14)21-18-9-13(11-20)16-10-15(24(26)27)7-8-17(16)23-18/h2-10,12H,1H3,(H,21,23)(H,22,25). The average Bonchev–Trinajstić information content (AvgIpc) is 2.67. The lowest BCUT2D eigenvalue weighted by Gasteiger charge is -2.15. The van der Waals surface area contributed by atoms with Gasteiger partial charge in [0.25, 0.3) is 5.69 Å². The number of aromatic nitrogens is 1. The number of hydrogen-bond acceptors (Lipinski definition) is 6. The quantitative estimate of drug-likeness (QED) is 0.530. The summed E-state index contributed by atoms with van der Waals surface area (Å²) in [5.74, 6) is 0.0777. The van der Waals surface area contributed by atoms with Gasteiger partial charge in [-0.25, -0.2) is 4.98 Å². The van der Waals surface area contributed by atoms with Crippen molar-refractivity contribution in [1.29, 1.82) is 5.26 Å². The van der Waals surface area contributed by atoms with Crippen molar-refractivity contribution in [3.63, 3.8) is 0 Å². The van der Waals surface area contributed by atoms with E-state index >= 15 is 0 Å². The van der Waals surface area contributed by atoms with Gasteiger partial charge >= 0.3 is 0 Å². The number of hydrogen-bond donors (Lipinski definition) is 2. The second kappa shape index (κ2) is 7.49. The summed E-state index contributed by atoms with van der Waals surface area (Å²) in [6, 6.07) is 16.0. The first kappa shape index (κ1) is 17.8. The Balaban J connectivity index is 1.84. The van der Waals surface area contributed by atoms with Gasteiger partial charge in [-0.3, -0.25) is 14.9 Å². The number of carbonyl (C=O) groups excluding carboxylic acids is 1. The predicted octanol–water partition coefficient (Wildman–Crippen LogP) is 3.45. The SMILES string of the molecule is CC(Nc1cc(C#N)c2cc([N+](=O)[O-])ccc2n1)C(=O)Nc1ccccc1. The number of pyridine rings is 1. The lowest BCUT2D eigenvalue weighted by molar-refractivity contribution is -0.384. The minimum absolute atomic E-state index is 0.114. The topological polar surface area (TPSA) is 121 Å². The molecular formula is C19H15N5O3. The lowest BCUT2D eigenvalue weighted by Crippen LogP contribution is -2.32. The Kier molecular flexibility index (Phi) is 4.95. The van der Waals surface area contributed by atoms with Crippen LogP contribution in [-0.4, -0.2) is 21.9 Å². The molecule has 8 nitrogen and oxygen atoms in total. The number of nitriles is 1. The maximum Gasteiger partial charge on any atom is 0.270 e. The summed E-state index contributed by atoms with van der Waals surface area (Å²) < 4.78 is 0. The molecule has 0 bridgehead atoms. The normalized spacial score (nSPS) is 11.4. The molecule has 1 aromatic heterocycles. The Morgan fingerprint density at radius 1 is 1.22 bits per heavy atom. The highest BCUT2D eigenvalue weighted by molar-refractivity contribution is 5.96. The summed E-state index contributed by atoms with van der Waals surface area (Å²) >= 11 is 0. The highest BCUT2D eigenvalue weighted by atomic mass is 16.6. The van der Waals surface area contributed by atoms with Crippen LogP contribution in [-0.2, 0) is 4.79 Å². The molecule has 0 aliphatic heterocycles. The number of non-ortho nitro benzene ring substituents is 1. The van der Waals surface area contributed by atoms with E-state index in [1.807, 2.05) is 24.3 Å². The molecule has 0 aliphatic rings. The average molecular weight is 361 g/mol. The third-order valence-corrected chi connectivity index (χ3v) is 3.92. The molecule has 27 heavy (non-hydrogen) atoms. The summed E-state index contributed by atoms with van der Waals surface area (Å²) in [4.78, 5) is 27.1. The molecule has 0 aliphatic carbocycles. The van der Waals surface area contributed by atoms with E-state index in [1.54, 1.807) is 19.1 Å². The van der Waals surface area contributed by atoms with E-state index in [1.165, 1.54) is 24.3 Å². The van der Waals surface area contributed by atoms with Crippen molar-refractivity contribution in [2.24, 2.45) is 0 Å². The van der Waals surface area contributed by atoms with Crippen LogP contribution in [0, 0.1) is 21.4 Å². The Hall–Kier alpha value is -3.99. The van der Waals surface area contributed by atoms with Gasteiger partial charge < -0.3 is 10.6 Å². The molecule has 1 unspecified atom stereocenters. The van der Waals surface area contributed by atoms with E-state index in [4.69, 9.17) is 0 Å². The number of benzene rings is 2. The predicted molar refractivity (Wildman–Crippen MR) is 101 cm³/mol. The second-order valence-corrected chi connectivity index (χ2v) is 5.85. The van der Waals surface area contributed by atoms with Crippen molar-refractivity contribution in [1.82, 2.24) is 4.98 Å². The first-order chi connectivity index (χ1) is 13.0. The third kappa shape index (κ3) is 3.99. The molecule has 2 aromatic carbocycles. The first-order valence-electron chi connectivity index (χ1n) is 8.09. The lowest BCUT2D eigenvalue weighted by atomic mass is 10.1. The van der Waals surface area contributed by atoms with Crippen LogP contribution in [0.25, 0.3) is 10.9 Å². The van der Waals surface area contributed by atoms with Gasteiger partial charge in [0.1, 0.15) is 11.9 Å². The zero-order chi connectivity index (χ0) is 19.4. The fourth-order valence-corrected chi connectivity index (χ4v) is 2.55. The summed E-state index contributed by atoms with van der Waals surface area (Å²) in [6.45, 7) is 1.67. The van der Waals surface area contributed by atoms with E-state index in [0.717, 1.165) is 0 Å². The number of para-hydroxylation sites is 1. The third-order valence-electron chi connectivity index (χ3n) is 3.92. The van der Waals surface area contributed by atoms with Crippen LogP contribution in [0.1, 0.15) is 12.5 Å². The molecular weight excluding hydrogens is 346 g/mol. The van der Waals surface area contributed by atoms with Crippen LogP contribution in [0.3, 0.4) is 0 Å². The summed E-state index contributed by atoms with van der Waals surface area (Å²) in [5.41, 5.74) is 1.23. The summed E-state index contributed by atoms with van der Waals surface area (Å²) in [6.07, 6.45) is 0. The molecule has 3 rings (SSSR count). The number of anilines is 2. The molecule has 2 N–H and O–H groups in total. The van der Waals surface area contributed by atoms with Gasteiger partial charge in [-0.15, -0.1) is 0 Å². The molecule has 0 saturated carbocycles. The van der Waals surface area contributed by atoms with Gasteiger partial charge in [-0.1, -0.05) is 18.2 Å². The Morgan fingerprint density at radius 3 is 2.63 bits per heavy atom. The Labute approximate surface area is 154 Å². The zero-order valence-electron chi connectivity index (χ0n) is 14.3. The van der Waals surface area contributed by atoms with Crippen molar-refractivity contribution < 1.29 is 9.72 Å². The number of amides is 1. The Morgan fingerprint density at radius 2 is 1.96 bits per heavy atom. The molecule has 8 heteroatoms. The van der Waals surface area contributed by atoms with Gasteiger partial charge in [-0.05, 0) is 31.2 Å². The van der Waals surface area contributed by atoms with Crippen molar-refractivity contribution in [2.45, 2.75) is 13.0 Å². The molecule has 0 spiro atoms. The molecule has 0 saturated heterocycles. The van der Waals surface area contributed by atoms with E-state index < -0.39 is 11.0 Å². The van der Waals surface area contributed by atoms with Gasteiger partial charge in [0.05, 0.1) is 22.1 Å². The van der Waals surface area contributed by atoms with Crippen LogP contribution in [0.15, 0.2) is 54.6 Å². The largest absolute Gasteiger partial charge is 0.359 e. The number of nitro groups is 1. The van der Waals surface area contributed by atoms with Crippen LogP contribution < -0.4 is 10.6 Å². The van der Waals surface area contributed by atoms with Gasteiger partial charge in [0, 0.05) is 23.2 Å². The fraction of sp³-hybridized carbons (Fsp3) is 0.105. The van der Waals surface area contributed by atoms with E-state index in [-0.39, 0.29) is 17.2 Å². The van der Waals surface area contributed by atoms with Crippen molar-refractivity contribution in [2.75, 3.05) is 10.6 Å². The van der Waals surface area contributed by atoms with E-state index in [9.17, 15) is 20.2 Å². The van der Waals surface area contributed by atoms with Crippen molar-refractivity contribution >= 4 is 34.0 Å². The highest BCUT2D eigenvalue weighted by Crippen LogP contribution is 2.25. The Bertz CT molecular complexity index is 1060. The van der Waals surface area contributed by atoms with Crippen LogP contribution >= 0.6 is 0 Å². The molecule has 0 fully saturated rings. The highest BCUT2D eigenvalue weighted by Gasteiger charge is 2.16. The number of nitrogens with one attached hydrogen (secondary N) is 2. The van der Waals surface area contributed by atoms with E-state index in [0.29, 0.717) is 22.4 Å². The van der Waals surface area contributed by atoms with E-state index in [2.05, 4.69) is 15.6 Å². The summed E-state index contributed by atoms with van der Waals surface area (Å²) in [5, 5.41) is 26.4. The molecule has 134 valence electrons. The van der Waals surface area contributed by atoms with Gasteiger partial charge in [-0.2, -0.15) is 5.26 Å². The summed E-state index contributed by atoms with van der Waals surface area (Å²) in [7, 11) is 0. The van der Waals surface area contributed by atoms with Crippen LogP contribution in [0.5, 0.6) is 0 Å². The minimum Gasteiger partial charge on any atom is -0.359 e. The maximum absolute atomic E-state index is 12.3. The maximum atomic E-state index is 12.3. The molecule has 1 atom stereocenters. The smallest absolute Gasteiger partial charge is 0.270 e. The number of carbonyl (C=O) groups is 1. The molecule has 1 heterocycles. The fourth-order valence-electron chi connectivity index (χ4n) is 2.55. The number of rotatable bonds is 5. The van der Waals surface area contributed by atoms with Crippen molar-refractivity contribution in [3.05, 3.63) is 70.3 Å². The number of nitro benzene ring substituents is 1. The van der Waals surface area contributed by atoms with Crippen LogP contribution in [0.2, 0.25) is 0 Å². The van der Waals surface area contributed by atoms with Crippen molar-refractivity contribution in [3.8, 4) is 6.07 Å². The van der Waals surface area contributed by atoms with Crippen LogP contribution in [0.4, 0.5) is 17.2 Å². The molecule has 1 amide bonds. The van der Waals surface area contributed by atoms with Gasteiger partial charge in [0.15, 0.2) is 0 Å². The monoisotopic (exact) mass is 361 g/mol.